The van der Waals surface area contributed by atoms with E-state index in [1.165, 1.54) is 11.8 Å². The van der Waals surface area contributed by atoms with Crippen LogP contribution >= 0.6 is 24.4 Å². The van der Waals surface area contributed by atoms with Crippen molar-refractivity contribution < 1.29 is 14.7 Å². The van der Waals surface area contributed by atoms with E-state index in [1.807, 2.05) is 0 Å². The highest BCUT2D eigenvalue weighted by molar-refractivity contribution is 7.98. The monoisotopic (exact) mass is 237 g/mol. The molecule has 1 amide bonds. The third-order valence-corrected chi connectivity index (χ3v) is 2.36. The third-order valence-electron chi connectivity index (χ3n) is 1.49. The first-order valence-electron chi connectivity index (χ1n) is 4.04. The Kier molecular flexibility index (Phi) is 5.36. The van der Waals surface area contributed by atoms with Crippen molar-refractivity contribution in [1.82, 2.24) is 5.32 Å². The van der Waals surface area contributed by atoms with Gasteiger partial charge in [0.2, 0.25) is 5.91 Å². The van der Waals surface area contributed by atoms with Crippen molar-refractivity contribution in [3.05, 3.63) is 0 Å². The maximum Gasteiger partial charge on any atom is 0.327 e. The molecule has 0 aliphatic carbocycles. The third kappa shape index (κ3) is 4.76. The van der Waals surface area contributed by atoms with E-state index in [0.29, 0.717) is 5.75 Å². The highest BCUT2D eigenvalue weighted by Crippen LogP contribution is 2.12. The normalized spacial score (nSPS) is 13.4. The Morgan fingerprint density at radius 3 is 2.36 bits per heavy atom. The van der Waals surface area contributed by atoms with Crippen LogP contribution in [0.15, 0.2) is 0 Å². The predicted octanol–water partition coefficient (Wildman–Crippen LogP) is 0.627. The van der Waals surface area contributed by atoms with Crippen molar-refractivity contribution in [2.45, 2.75) is 24.6 Å². The molecule has 0 spiro atoms. The molecule has 4 nitrogen and oxygen atoms in total. The zero-order valence-electron chi connectivity index (χ0n) is 8.40. The van der Waals surface area contributed by atoms with Crippen LogP contribution in [0.1, 0.15) is 13.8 Å². The molecule has 0 bridgehead atoms. The molecule has 0 aromatic carbocycles. The number of carboxylic acid groups (broad SMARTS) is 1. The van der Waals surface area contributed by atoms with Crippen LogP contribution in [0, 0.1) is 0 Å². The molecular formula is C8H15NO3S2. The minimum absolute atomic E-state index is 0.352. The Morgan fingerprint density at radius 2 is 2.07 bits per heavy atom. The Hall–Kier alpha value is -0.360. The fraction of sp³-hybridized carbons (Fsp3) is 0.750. The summed E-state index contributed by atoms with van der Waals surface area (Å²) in [6, 6.07) is -0.844. The molecule has 0 fully saturated rings. The molecule has 0 aliphatic heterocycles. The van der Waals surface area contributed by atoms with E-state index in [0.717, 1.165) is 0 Å². The lowest BCUT2D eigenvalue weighted by molar-refractivity contribution is -0.141. The molecule has 0 radical (unpaired) electrons. The molecule has 82 valence electrons. The molecule has 2 N–H and O–H groups in total. The van der Waals surface area contributed by atoms with Crippen molar-refractivity contribution >= 4 is 36.3 Å². The second-order valence-corrected chi connectivity index (χ2v) is 5.41. The summed E-state index contributed by atoms with van der Waals surface area (Å²) in [4.78, 5) is 22.1. The van der Waals surface area contributed by atoms with Crippen LogP contribution in [0.4, 0.5) is 0 Å². The number of nitrogens with one attached hydrogen (secondary N) is 1. The van der Waals surface area contributed by atoms with Gasteiger partial charge >= 0.3 is 5.97 Å². The fourth-order valence-corrected chi connectivity index (χ4v) is 1.30. The van der Waals surface area contributed by atoms with E-state index in [1.54, 1.807) is 20.1 Å². The molecule has 1 atom stereocenters. The molecule has 0 aromatic heterocycles. The second kappa shape index (κ2) is 5.50. The van der Waals surface area contributed by atoms with Crippen LogP contribution in [0.3, 0.4) is 0 Å². The summed E-state index contributed by atoms with van der Waals surface area (Å²) >= 11 is 5.42. The van der Waals surface area contributed by atoms with Crippen LogP contribution in [-0.4, -0.2) is 39.8 Å². The van der Waals surface area contributed by atoms with E-state index in [9.17, 15) is 9.59 Å². The molecule has 0 aromatic rings. The van der Waals surface area contributed by atoms with E-state index >= 15 is 0 Å². The number of thiol groups is 1. The van der Waals surface area contributed by atoms with E-state index < -0.39 is 16.8 Å². The fourth-order valence-electron chi connectivity index (χ4n) is 0.676. The van der Waals surface area contributed by atoms with Gasteiger partial charge in [-0.05, 0) is 20.1 Å². The molecular weight excluding hydrogens is 222 g/mol. The Labute approximate surface area is 93.2 Å². The number of hydrogen-bond donors (Lipinski definition) is 3. The summed E-state index contributed by atoms with van der Waals surface area (Å²) in [6.45, 7) is 3.23. The summed E-state index contributed by atoms with van der Waals surface area (Å²) in [5.41, 5.74) is 0. The molecule has 0 saturated heterocycles. The summed E-state index contributed by atoms with van der Waals surface area (Å²) in [5.74, 6) is -1.04. The van der Waals surface area contributed by atoms with Crippen molar-refractivity contribution in [1.29, 1.82) is 0 Å². The van der Waals surface area contributed by atoms with E-state index in [2.05, 4.69) is 17.9 Å². The lowest BCUT2D eigenvalue weighted by atomic mass is 10.2. The van der Waals surface area contributed by atoms with Gasteiger partial charge in [-0.1, -0.05) is 0 Å². The number of hydrogen-bond acceptors (Lipinski definition) is 4. The molecule has 0 heterocycles. The number of amides is 1. The molecule has 0 aliphatic rings. The van der Waals surface area contributed by atoms with Crippen LogP contribution in [-0.2, 0) is 9.59 Å². The molecule has 14 heavy (non-hydrogen) atoms. The molecule has 6 heteroatoms. The second-order valence-electron chi connectivity index (χ2n) is 3.38. The summed E-state index contributed by atoms with van der Waals surface area (Å²) in [7, 11) is 0. The predicted molar refractivity (Wildman–Crippen MR) is 61.0 cm³/mol. The van der Waals surface area contributed by atoms with Crippen molar-refractivity contribution in [2.24, 2.45) is 0 Å². The van der Waals surface area contributed by atoms with Gasteiger partial charge in [0.05, 0.1) is 4.75 Å². The maximum absolute atomic E-state index is 11.4. The van der Waals surface area contributed by atoms with Crippen LogP contribution < -0.4 is 5.32 Å². The number of carboxylic acids is 1. The summed E-state index contributed by atoms with van der Waals surface area (Å²) < 4.78 is -0.855. The number of aliphatic carboxylic acids is 1. The van der Waals surface area contributed by atoms with Gasteiger partial charge in [-0.25, -0.2) is 4.79 Å². The van der Waals surface area contributed by atoms with E-state index in [4.69, 9.17) is 5.11 Å². The summed E-state index contributed by atoms with van der Waals surface area (Å²) in [6.07, 6.45) is 1.79. The van der Waals surface area contributed by atoms with Crippen molar-refractivity contribution in [3.63, 3.8) is 0 Å². The van der Waals surface area contributed by atoms with Gasteiger partial charge in [-0.15, -0.1) is 0 Å². The van der Waals surface area contributed by atoms with Gasteiger partial charge in [0.25, 0.3) is 0 Å². The smallest absolute Gasteiger partial charge is 0.327 e. The minimum Gasteiger partial charge on any atom is -0.480 e. The Balaban J connectivity index is 4.31. The zero-order valence-corrected chi connectivity index (χ0v) is 10.1. The topological polar surface area (TPSA) is 66.4 Å². The van der Waals surface area contributed by atoms with Crippen LogP contribution in [0.25, 0.3) is 0 Å². The van der Waals surface area contributed by atoms with Gasteiger partial charge in [0.15, 0.2) is 0 Å². The molecule has 0 unspecified atom stereocenters. The Morgan fingerprint density at radius 1 is 1.57 bits per heavy atom. The largest absolute Gasteiger partial charge is 0.480 e. The Bertz CT molecular complexity index is 225. The number of rotatable bonds is 5. The first-order valence-corrected chi connectivity index (χ1v) is 5.88. The molecule has 0 rings (SSSR count). The van der Waals surface area contributed by atoms with Crippen molar-refractivity contribution in [3.8, 4) is 0 Å². The lowest BCUT2D eigenvalue weighted by Crippen LogP contribution is -2.48. The van der Waals surface area contributed by atoms with Gasteiger partial charge in [-0.2, -0.15) is 24.4 Å². The van der Waals surface area contributed by atoms with Crippen LogP contribution in [0.2, 0.25) is 0 Å². The highest BCUT2D eigenvalue weighted by Gasteiger charge is 2.27. The summed E-state index contributed by atoms with van der Waals surface area (Å²) in [5, 5.41) is 11.2. The van der Waals surface area contributed by atoms with Gasteiger partial charge in [-0.3, -0.25) is 4.79 Å². The average molecular weight is 237 g/mol. The minimum atomic E-state index is -1.02. The number of carbonyl (C=O) groups excluding carboxylic acids is 1. The lowest BCUT2D eigenvalue weighted by Gasteiger charge is -2.20. The van der Waals surface area contributed by atoms with Crippen molar-refractivity contribution in [2.75, 3.05) is 12.0 Å². The maximum atomic E-state index is 11.4. The van der Waals surface area contributed by atoms with Gasteiger partial charge in [0.1, 0.15) is 6.04 Å². The van der Waals surface area contributed by atoms with Gasteiger partial charge < -0.3 is 10.4 Å². The SMILES string of the molecule is CSC[C@H](NC(=O)C(C)(C)S)C(=O)O. The number of thioether (sulfide) groups is 1. The average Bonchev–Trinajstić information content (AvgIpc) is 2.01. The highest BCUT2D eigenvalue weighted by atomic mass is 32.2. The van der Waals surface area contributed by atoms with Gasteiger partial charge in [0, 0.05) is 5.75 Å². The van der Waals surface area contributed by atoms with Crippen LogP contribution in [0.5, 0.6) is 0 Å². The first kappa shape index (κ1) is 13.6. The number of carbonyl (C=O) groups is 2. The van der Waals surface area contributed by atoms with E-state index in [-0.39, 0.29) is 5.91 Å². The quantitative estimate of drug-likeness (QED) is 0.614. The zero-order chi connectivity index (χ0) is 11.4. The molecule has 0 saturated carbocycles. The standard InChI is InChI=1S/C8H15NO3S2/c1-8(2,13)7(12)9-5(4-14-3)6(10)11/h5,13H,4H2,1-3H3,(H,9,12)(H,10,11)/t5-/m0/s1. The first-order chi connectivity index (χ1) is 6.29.